The number of para-hydroxylation sites is 1. The van der Waals surface area contributed by atoms with Crippen LogP contribution >= 0.6 is 0 Å². The van der Waals surface area contributed by atoms with Gasteiger partial charge in [0.15, 0.2) is 18.1 Å². The normalized spacial score (nSPS) is 12.3. The molecule has 0 saturated carbocycles. The van der Waals surface area contributed by atoms with Gasteiger partial charge in [-0.1, -0.05) is 18.2 Å². The molecule has 0 fully saturated rings. The fourth-order valence-electron chi connectivity index (χ4n) is 2.39. The molecule has 29 heavy (non-hydrogen) atoms. The number of benzene rings is 2. The van der Waals surface area contributed by atoms with Gasteiger partial charge in [-0.15, -0.1) is 0 Å². The van der Waals surface area contributed by atoms with Crippen molar-refractivity contribution in [3.05, 3.63) is 59.9 Å². The number of hydrogen-bond donors (Lipinski definition) is 2. The van der Waals surface area contributed by atoms with E-state index < -0.39 is 30.3 Å². The molecule has 2 aromatic carbocycles. The van der Waals surface area contributed by atoms with Crippen molar-refractivity contribution in [2.24, 2.45) is 0 Å². The molecule has 0 aromatic heterocycles. The van der Waals surface area contributed by atoms with Crippen LogP contribution in [0.4, 0.5) is 14.9 Å². The van der Waals surface area contributed by atoms with Gasteiger partial charge in [0.05, 0.1) is 5.69 Å². The molecule has 2 aromatic rings. The lowest BCUT2D eigenvalue weighted by Crippen LogP contribution is -2.37. The number of urea groups is 1. The van der Waals surface area contributed by atoms with Crippen LogP contribution in [-0.2, 0) is 14.3 Å². The average Bonchev–Trinajstić information content (AvgIpc) is 2.72. The summed E-state index contributed by atoms with van der Waals surface area (Å²) in [4.78, 5) is 35.1. The summed E-state index contributed by atoms with van der Waals surface area (Å²) in [6.45, 7) is 0.256. The van der Waals surface area contributed by atoms with E-state index in [0.717, 1.165) is 12.1 Å². The number of rotatable bonds is 5. The molecule has 1 aliphatic rings. The Morgan fingerprint density at radius 2 is 1.83 bits per heavy atom. The van der Waals surface area contributed by atoms with Crippen molar-refractivity contribution in [2.75, 3.05) is 25.1 Å². The van der Waals surface area contributed by atoms with Crippen LogP contribution in [0.2, 0.25) is 0 Å². The molecule has 0 spiro atoms. The average molecular weight is 400 g/mol. The third kappa shape index (κ3) is 5.80. The number of halogens is 1. The van der Waals surface area contributed by atoms with E-state index in [0.29, 0.717) is 30.3 Å². The number of ether oxygens (including phenoxy) is 3. The molecular weight excluding hydrogens is 383 g/mol. The second-order valence-electron chi connectivity index (χ2n) is 5.83. The Balaban J connectivity index is 1.44. The van der Waals surface area contributed by atoms with Gasteiger partial charge < -0.3 is 19.5 Å². The van der Waals surface area contributed by atoms with Gasteiger partial charge in [0.1, 0.15) is 19.0 Å². The van der Waals surface area contributed by atoms with Crippen LogP contribution < -0.4 is 20.1 Å². The molecule has 0 saturated heterocycles. The minimum Gasteiger partial charge on any atom is -0.486 e. The lowest BCUT2D eigenvalue weighted by molar-refractivity contribution is -0.143. The fraction of sp³-hybridized carbons (Fsp3) is 0.150. The van der Waals surface area contributed by atoms with E-state index in [1.165, 1.54) is 24.3 Å². The summed E-state index contributed by atoms with van der Waals surface area (Å²) in [5.74, 6) is -1.08. The van der Waals surface area contributed by atoms with Gasteiger partial charge in [0.25, 0.3) is 5.91 Å². The third-order valence-corrected chi connectivity index (χ3v) is 3.70. The number of fused-ring (bicyclic) bond motifs is 1. The number of imide groups is 1. The highest BCUT2D eigenvalue weighted by Gasteiger charge is 2.13. The first-order valence-electron chi connectivity index (χ1n) is 8.61. The summed E-state index contributed by atoms with van der Waals surface area (Å²) in [7, 11) is 0. The fourth-order valence-corrected chi connectivity index (χ4v) is 2.39. The Kier molecular flexibility index (Phi) is 6.41. The van der Waals surface area contributed by atoms with Crippen molar-refractivity contribution < 1.29 is 33.0 Å². The van der Waals surface area contributed by atoms with E-state index in [-0.39, 0.29) is 5.69 Å². The summed E-state index contributed by atoms with van der Waals surface area (Å²) < 4.78 is 29.1. The van der Waals surface area contributed by atoms with Crippen LogP contribution in [0.3, 0.4) is 0 Å². The molecule has 1 aliphatic heterocycles. The van der Waals surface area contributed by atoms with E-state index in [1.807, 2.05) is 5.32 Å². The molecule has 0 bridgehead atoms. The molecule has 3 rings (SSSR count). The van der Waals surface area contributed by atoms with Crippen LogP contribution in [-0.4, -0.2) is 37.7 Å². The first kappa shape index (κ1) is 19.9. The largest absolute Gasteiger partial charge is 0.486 e. The number of nitrogens with one attached hydrogen (secondary N) is 2. The molecule has 0 aliphatic carbocycles. The molecule has 2 N–H and O–H groups in total. The zero-order valence-corrected chi connectivity index (χ0v) is 15.1. The number of esters is 1. The second-order valence-corrected chi connectivity index (χ2v) is 5.83. The van der Waals surface area contributed by atoms with Crippen LogP contribution in [0.5, 0.6) is 11.5 Å². The minimum atomic E-state index is -0.942. The van der Waals surface area contributed by atoms with Crippen molar-refractivity contribution in [3.63, 3.8) is 0 Å². The molecular formula is C20H17FN2O6. The van der Waals surface area contributed by atoms with Gasteiger partial charge in [-0.05, 0) is 35.9 Å². The highest BCUT2D eigenvalue weighted by molar-refractivity contribution is 6.02. The van der Waals surface area contributed by atoms with Crippen LogP contribution in [0.25, 0.3) is 6.08 Å². The van der Waals surface area contributed by atoms with Crippen molar-refractivity contribution in [2.45, 2.75) is 0 Å². The van der Waals surface area contributed by atoms with Gasteiger partial charge in [-0.2, -0.15) is 0 Å². The van der Waals surface area contributed by atoms with E-state index in [4.69, 9.17) is 14.2 Å². The Bertz CT molecular complexity index is 960. The number of hydrogen-bond acceptors (Lipinski definition) is 6. The third-order valence-electron chi connectivity index (χ3n) is 3.70. The summed E-state index contributed by atoms with van der Waals surface area (Å²) in [6.07, 6.45) is 2.63. The molecule has 0 atom stereocenters. The highest BCUT2D eigenvalue weighted by atomic mass is 19.1. The zero-order chi connectivity index (χ0) is 20.6. The summed E-state index contributed by atoms with van der Waals surface area (Å²) in [6, 6.07) is 9.70. The van der Waals surface area contributed by atoms with Gasteiger partial charge in [0, 0.05) is 6.08 Å². The maximum atomic E-state index is 13.4. The van der Waals surface area contributed by atoms with E-state index in [9.17, 15) is 18.8 Å². The zero-order valence-electron chi connectivity index (χ0n) is 15.1. The lowest BCUT2D eigenvalue weighted by atomic mass is 10.2. The van der Waals surface area contributed by atoms with Crippen LogP contribution in [0, 0.1) is 5.82 Å². The molecule has 0 unspecified atom stereocenters. The van der Waals surface area contributed by atoms with E-state index in [2.05, 4.69) is 5.32 Å². The van der Waals surface area contributed by atoms with Gasteiger partial charge in [-0.3, -0.25) is 10.1 Å². The number of amides is 3. The molecule has 3 amide bonds. The highest BCUT2D eigenvalue weighted by Crippen LogP contribution is 2.31. The standard InChI is InChI=1S/C20H17FN2O6/c21-14-3-1-2-4-15(14)22-20(26)23-18(24)12-29-19(25)8-6-13-5-7-16-17(11-13)28-10-9-27-16/h1-8,11H,9-10,12H2,(H2,22,23,24,26)/b8-6+. The van der Waals surface area contributed by atoms with Gasteiger partial charge in [-0.25, -0.2) is 14.0 Å². The molecule has 0 radical (unpaired) electrons. The van der Waals surface area contributed by atoms with Crippen LogP contribution in [0.1, 0.15) is 5.56 Å². The second kappa shape index (κ2) is 9.36. The number of carbonyl (C=O) groups excluding carboxylic acids is 3. The summed E-state index contributed by atoms with van der Waals surface area (Å²) in [5, 5.41) is 4.11. The van der Waals surface area contributed by atoms with Crippen molar-refractivity contribution >= 4 is 29.7 Å². The molecule has 8 nitrogen and oxygen atoms in total. The van der Waals surface area contributed by atoms with Crippen molar-refractivity contribution in [1.82, 2.24) is 5.32 Å². The quantitative estimate of drug-likeness (QED) is 0.591. The maximum absolute atomic E-state index is 13.4. The first-order valence-corrected chi connectivity index (χ1v) is 8.61. The maximum Gasteiger partial charge on any atom is 0.331 e. The molecule has 1 heterocycles. The van der Waals surface area contributed by atoms with Crippen molar-refractivity contribution in [3.8, 4) is 11.5 Å². The van der Waals surface area contributed by atoms with Crippen LogP contribution in [0.15, 0.2) is 48.5 Å². The topological polar surface area (TPSA) is 103 Å². The smallest absolute Gasteiger partial charge is 0.331 e. The Morgan fingerprint density at radius 1 is 1.07 bits per heavy atom. The lowest BCUT2D eigenvalue weighted by Gasteiger charge is -2.18. The summed E-state index contributed by atoms with van der Waals surface area (Å²) in [5.41, 5.74) is 0.595. The van der Waals surface area contributed by atoms with E-state index in [1.54, 1.807) is 18.2 Å². The summed E-state index contributed by atoms with van der Waals surface area (Å²) >= 11 is 0. The van der Waals surface area contributed by atoms with Gasteiger partial charge >= 0.3 is 12.0 Å². The Hall–Kier alpha value is -3.88. The molecule has 150 valence electrons. The predicted molar refractivity (Wildman–Crippen MR) is 101 cm³/mol. The van der Waals surface area contributed by atoms with E-state index >= 15 is 0 Å². The first-order chi connectivity index (χ1) is 14.0. The Morgan fingerprint density at radius 3 is 2.62 bits per heavy atom. The Labute approximate surface area is 165 Å². The molecule has 9 heteroatoms. The number of carbonyl (C=O) groups is 3. The minimum absolute atomic E-state index is 0.0860. The number of anilines is 1. The predicted octanol–water partition coefficient (Wildman–Crippen LogP) is 2.50. The monoisotopic (exact) mass is 400 g/mol. The SMILES string of the molecule is O=C(COC(=O)/C=C/c1ccc2c(c1)OCCO2)NC(=O)Nc1ccccc1F. The van der Waals surface area contributed by atoms with Crippen molar-refractivity contribution in [1.29, 1.82) is 0 Å². The van der Waals surface area contributed by atoms with Gasteiger partial charge in [0.2, 0.25) is 0 Å².